The SMILES string of the molecule is CCC(CSC)N(C)c1ccc(F)cc1N. The van der Waals surface area contributed by atoms with E-state index in [-0.39, 0.29) is 5.82 Å². The Kier molecular flexibility index (Phi) is 4.93. The van der Waals surface area contributed by atoms with E-state index in [1.807, 2.05) is 18.8 Å². The number of thioether (sulfide) groups is 1. The molecular weight excluding hydrogens is 223 g/mol. The molecule has 0 spiro atoms. The maximum absolute atomic E-state index is 12.9. The molecule has 0 amide bonds. The third-order valence-electron chi connectivity index (χ3n) is 2.75. The van der Waals surface area contributed by atoms with Gasteiger partial charge in [0.2, 0.25) is 0 Å². The van der Waals surface area contributed by atoms with Gasteiger partial charge in [-0.1, -0.05) is 6.92 Å². The first-order valence-corrected chi connectivity index (χ1v) is 6.76. The molecule has 0 radical (unpaired) electrons. The Labute approximate surface area is 101 Å². The van der Waals surface area contributed by atoms with Crippen LogP contribution in [0.5, 0.6) is 0 Å². The molecule has 0 aliphatic carbocycles. The molecule has 1 rings (SSSR count). The summed E-state index contributed by atoms with van der Waals surface area (Å²) in [5.74, 6) is 0.761. The van der Waals surface area contributed by atoms with Crippen LogP contribution in [0.3, 0.4) is 0 Å². The minimum Gasteiger partial charge on any atom is -0.397 e. The van der Waals surface area contributed by atoms with E-state index in [0.717, 1.165) is 17.9 Å². The topological polar surface area (TPSA) is 29.3 Å². The molecule has 4 heteroatoms. The molecule has 16 heavy (non-hydrogen) atoms. The highest BCUT2D eigenvalue weighted by molar-refractivity contribution is 7.98. The van der Waals surface area contributed by atoms with Crippen molar-refractivity contribution in [2.24, 2.45) is 0 Å². The van der Waals surface area contributed by atoms with Crippen LogP contribution >= 0.6 is 11.8 Å². The van der Waals surface area contributed by atoms with E-state index < -0.39 is 0 Å². The second kappa shape index (κ2) is 5.99. The first-order valence-electron chi connectivity index (χ1n) is 5.37. The molecule has 0 aliphatic heterocycles. The van der Waals surface area contributed by atoms with Gasteiger partial charge in [0.05, 0.1) is 11.4 Å². The molecule has 1 unspecified atom stereocenters. The number of anilines is 2. The highest BCUT2D eigenvalue weighted by atomic mass is 32.2. The Morgan fingerprint density at radius 1 is 1.50 bits per heavy atom. The summed E-state index contributed by atoms with van der Waals surface area (Å²) in [5.41, 5.74) is 7.23. The van der Waals surface area contributed by atoms with Crippen LogP contribution in [0.2, 0.25) is 0 Å². The van der Waals surface area contributed by atoms with Crippen molar-refractivity contribution in [3.05, 3.63) is 24.0 Å². The minimum absolute atomic E-state index is 0.285. The van der Waals surface area contributed by atoms with Gasteiger partial charge >= 0.3 is 0 Å². The zero-order valence-corrected chi connectivity index (χ0v) is 10.9. The molecular formula is C12H19FN2S. The maximum Gasteiger partial charge on any atom is 0.125 e. The molecule has 0 saturated heterocycles. The highest BCUT2D eigenvalue weighted by Gasteiger charge is 2.14. The van der Waals surface area contributed by atoms with E-state index >= 15 is 0 Å². The maximum atomic E-state index is 12.9. The van der Waals surface area contributed by atoms with Crippen molar-refractivity contribution >= 4 is 23.1 Å². The van der Waals surface area contributed by atoms with Crippen molar-refractivity contribution in [1.82, 2.24) is 0 Å². The molecule has 0 bridgehead atoms. The average Bonchev–Trinajstić information content (AvgIpc) is 2.25. The second-order valence-corrected chi connectivity index (χ2v) is 4.74. The van der Waals surface area contributed by atoms with Gasteiger partial charge in [0.15, 0.2) is 0 Å². The van der Waals surface area contributed by atoms with Crippen LogP contribution in [0.15, 0.2) is 18.2 Å². The number of hydrogen-bond acceptors (Lipinski definition) is 3. The van der Waals surface area contributed by atoms with Gasteiger partial charge in [-0.15, -0.1) is 0 Å². The molecule has 90 valence electrons. The molecule has 1 aromatic rings. The van der Waals surface area contributed by atoms with E-state index in [4.69, 9.17) is 5.73 Å². The minimum atomic E-state index is -0.285. The van der Waals surface area contributed by atoms with Crippen molar-refractivity contribution in [3.8, 4) is 0 Å². The number of nitrogens with two attached hydrogens (primary N) is 1. The van der Waals surface area contributed by atoms with E-state index in [1.54, 1.807) is 6.07 Å². The monoisotopic (exact) mass is 242 g/mol. The lowest BCUT2D eigenvalue weighted by atomic mass is 10.2. The lowest BCUT2D eigenvalue weighted by Gasteiger charge is -2.29. The Morgan fingerprint density at radius 3 is 2.69 bits per heavy atom. The summed E-state index contributed by atoms with van der Waals surface area (Å²) in [5, 5.41) is 0. The van der Waals surface area contributed by atoms with Crippen LogP contribution in [0, 0.1) is 5.82 Å². The molecule has 0 aliphatic rings. The fourth-order valence-corrected chi connectivity index (χ4v) is 2.58. The van der Waals surface area contributed by atoms with E-state index in [2.05, 4.69) is 18.1 Å². The third kappa shape index (κ3) is 3.04. The summed E-state index contributed by atoms with van der Waals surface area (Å²) >= 11 is 1.81. The van der Waals surface area contributed by atoms with E-state index in [1.165, 1.54) is 12.1 Å². The fraction of sp³-hybridized carbons (Fsp3) is 0.500. The number of nitrogen functional groups attached to an aromatic ring is 1. The number of halogens is 1. The number of benzene rings is 1. The predicted octanol–water partition coefficient (Wildman–Crippen LogP) is 2.99. The second-order valence-electron chi connectivity index (χ2n) is 3.83. The lowest BCUT2D eigenvalue weighted by Crippen LogP contribution is -2.33. The summed E-state index contributed by atoms with van der Waals surface area (Å²) in [4.78, 5) is 2.13. The van der Waals surface area contributed by atoms with Crippen molar-refractivity contribution in [1.29, 1.82) is 0 Å². The van der Waals surface area contributed by atoms with Gasteiger partial charge in [-0.05, 0) is 30.9 Å². The van der Waals surface area contributed by atoms with Crippen molar-refractivity contribution in [3.63, 3.8) is 0 Å². The summed E-state index contributed by atoms with van der Waals surface area (Å²) in [6.45, 7) is 2.15. The van der Waals surface area contributed by atoms with Gasteiger partial charge in [-0.3, -0.25) is 0 Å². The Morgan fingerprint density at radius 2 is 2.19 bits per heavy atom. The van der Waals surface area contributed by atoms with Crippen molar-refractivity contribution < 1.29 is 4.39 Å². The van der Waals surface area contributed by atoms with Crippen LogP contribution in [0.25, 0.3) is 0 Å². The van der Waals surface area contributed by atoms with Crippen LogP contribution in [0.4, 0.5) is 15.8 Å². The molecule has 2 N–H and O–H groups in total. The summed E-state index contributed by atoms with van der Waals surface area (Å²) in [6.07, 6.45) is 3.14. The summed E-state index contributed by atoms with van der Waals surface area (Å²) < 4.78 is 12.9. The molecule has 0 heterocycles. The number of hydrogen-bond donors (Lipinski definition) is 1. The first-order chi connectivity index (χ1) is 7.60. The van der Waals surface area contributed by atoms with Crippen LogP contribution in [-0.2, 0) is 0 Å². The molecule has 1 aromatic carbocycles. The molecule has 0 aromatic heterocycles. The van der Waals surface area contributed by atoms with Gasteiger partial charge in [-0.25, -0.2) is 4.39 Å². The highest BCUT2D eigenvalue weighted by Crippen LogP contribution is 2.26. The van der Waals surface area contributed by atoms with Gasteiger partial charge in [-0.2, -0.15) is 11.8 Å². The largest absolute Gasteiger partial charge is 0.397 e. The van der Waals surface area contributed by atoms with E-state index in [9.17, 15) is 4.39 Å². The van der Waals surface area contributed by atoms with Gasteiger partial charge in [0, 0.05) is 18.8 Å². The molecule has 2 nitrogen and oxygen atoms in total. The Bertz CT molecular complexity index is 344. The summed E-state index contributed by atoms with van der Waals surface area (Å²) in [7, 11) is 2.01. The van der Waals surface area contributed by atoms with Crippen LogP contribution < -0.4 is 10.6 Å². The number of rotatable bonds is 5. The standard InChI is InChI=1S/C12H19FN2S/c1-4-10(8-16-3)15(2)12-6-5-9(13)7-11(12)14/h5-7,10H,4,8,14H2,1-3H3. The molecule has 1 atom stereocenters. The van der Waals surface area contributed by atoms with Crippen LogP contribution in [-0.4, -0.2) is 25.1 Å². The Balaban J connectivity index is 2.89. The first kappa shape index (κ1) is 13.2. The zero-order valence-electron chi connectivity index (χ0n) is 10.0. The van der Waals surface area contributed by atoms with Gasteiger partial charge < -0.3 is 10.6 Å². The quantitative estimate of drug-likeness (QED) is 0.805. The van der Waals surface area contributed by atoms with Crippen LogP contribution in [0.1, 0.15) is 13.3 Å². The zero-order chi connectivity index (χ0) is 12.1. The third-order valence-corrected chi connectivity index (χ3v) is 3.47. The smallest absolute Gasteiger partial charge is 0.125 e. The summed E-state index contributed by atoms with van der Waals surface area (Å²) in [6, 6.07) is 5.00. The predicted molar refractivity (Wildman–Crippen MR) is 71.7 cm³/mol. The average molecular weight is 242 g/mol. The normalized spacial score (nSPS) is 12.5. The fourth-order valence-electron chi connectivity index (χ4n) is 1.74. The van der Waals surface area contributed by atoms with Crippen molar-refractivity contribution in [2.75, 3.05) is 29.7 Å². The van der Waals surface area contributed by atoms with Gasteiger partial charge in [0.25, 0.3) is 0 Å². The van der Waals surface area contributed by atoms with Crippen molar-refractivity contribution in [2.45, 2.75) is 19.4 Å². The number of nitrogens with zero attached hydrogens (tertiary/aromatic N) is 1. The Hall–Kier alpha value is -0.900. The molecule has 0 fully saturated rings. The lowest BCUT2D eigenvalue weighted by molar-refractivity contribution is 0.626. The van der Waals surface area contributed by atoms with Gasteiger partial charge in [0.1, 0.15) is 5.82 Å². The molecule has 0 saturated carbocycles. The van der Waals surface area contributed by atoms with E-state index in [0.29, 0.717) is 11.7 Å².